The van der Waals surface area contributed by atoms with E-state index < -0.39 is 11.9 Å². The minimum atomic E-state index is -0.565. The third-order valence-corrected chi connectivity index (χ3v) is 3.62. The van der Waals surface area contributed by atoms with Crippen LogP contribution in [0.4, 0.5) is 0 Å². The molecule has 24 heavy (non-hydrogen) atoms. The first kappa shape index (κ1) is 22.7. The number of unbranched alkanes of at least 4 members (excludes halogenated alkanes) is 2. The summed E-state index contributed by atoms with van der Waals surface area (Å²) in [5.41, 5.74) is 0.155. The Hall–Kier alpha value is -1.32. The summed E-state index contributed by atoms with van der Waals surface area (Å²) in [7, 11) is 0. The van der Waals surface area contributed by atoms with Crippen LogP contribution < -0.4 is 0 Å². The van der Waals surface area contributed by atoms with E-state index in [0.717, 1.165) is 31.3 Å². The molecule has 0 spiro atoms. The molecule has 0 rings (SSSR count). The van der Waals surface area contributed by atoms with E-state index in [4.69, 9.17) is 9.47 Å². The van der Waals surface area contributed by atoms with Gasteiger partial charge in [-0.2, -0.15) is 0 Å². The number of esters is 2. The molecule has 0 aliphatic heterocycles. The Morgan fingerprint density at radius 2 is 1.04 bits per heavy atom. The van der Waals surface area contributed by atoms with E-state index in [1.807, 2.05) is 55.4 Å². The molecule has 0 aromatic carbocycles. The number of carbonyl (C=O) groups is 2. The zero-order valence-electron chi connectivity index (χ0n) is 16.9. The SMILES string of the molecule is CCCCOC(=O)C(C(=O)OCCCC)=C(C(C)(C)C)C(C)(C)C. The van der Waals surface area contributed by atoms with Crippen LogP contribution in [-0.4, -0.2) is 25.2 Å². The van der Waals surface area contributed by atoms with Crippen LogP contribution in [0.3, 0.4) is 0 Å². The summed E-state index contributed by atoms with van der Waals surface area (Å²) in [6.07, 6.45) is 3.42. The highest BCUT2D eigenvalue weighted by molar-refractivity contribution is 6.15. The molecule has 0 atom stereocenters. The summed E-state index contributed by atoms with van der Waals surface area (Å²) in [5.74, 6) is -1.13. The molecule has 0 aliphatic rings. The van der Waals surface area contributed by atoms with E-state index >= 15 is 0 Å². The van der Waals surface area contributed by atoms with E-state index in [1.165, 1.54) is 0 Å². The maximum Gasteiger partial charge on any atom is 0.345 e. The number of hydrogen-bond acceptors (Lipinski definition) is 4. The second-order valence-electron chi connectivity index (χ2n) is 8.23. The van der Waals surface area contributed by atoms with E-state index in [0.29, 0.717) is 13.2 Å². The average Bonchev–Trinajstić information content (AvgIpc) is 2.42. The van der Waals surface area contributed by atoms with Crippen LogP contribution in [0.1, 0.15) is 81.1 Å². The lowest BCUT2D eigenvalue weighted by Gasteiger charge is -2.35. The quantitative estimate of drug-likeness (QED) is 0.204. The molecule has 0 aliphatic carbocycles. The fraction of sp³-hybridized carbons (Fsp3) is 0.800. The topological polar surface area (TPSA) is 52.6 Å². The Labute approximate surface area is 148 Å². The van der Waals surface area contributed by atoms with Crippen LogP contribution in [0.2, 0.25) is 0 Å². The third kappa shape index (κ3) is 7.50. The van der Waals surface area contributed by atoms with Gasteiger partial charge in [-0.1, -0.05) is 68.2 Å². The molecule has 0 aromatic heterocycles. The third-order valence-electron chi connectivity index (χ3n) is 3.62. The second-order valence-corrected chi connectivity index (χ2v) is 8.23. The summed E-state index contributed by atoms with van der Waals surface area (Å²) in [4.78, 5) is 25.3. The fourth-order valence-electron chi connectivity index (χ4n) is 2.93. The van der Waals surface area contributed by atoms with Gasteiger partial charge in [0.25, 0.3) is 0 Å². The van der Waals surface area contributed by atoms with Gasteiger partial charge in [-0.3, -0.25) is 0 Å². The van der Waals surface area contributed by atoms with Gasteiger partial charge < -0.3 is 9.47 Å². The lowest BCUT2D eigenvalue weighted by atomic mass is 9.69. The molecule has 0 bridgehead atoms. The number of ether oxygens (including phenoxy) is 2. The minimum Gasteiger partial charge on any atom is -0.462 e. The highest BCUT2D eigenvalue weighted by atomic mass is 16.6. The van der Waals surface area contributed by atoms with Crippen molar-refractivity contribution >= 4 is 11.9 Å². The standard InChI is InChI=1S/C20H36O4/c1-9-11-13-23-17(21)15(18(22)24-14-12-10-2)16(19(3,4)5)20(6,7)8/h9-14H2,1-8H3. The Morgan fingerprint density at radius 1 is 0.708 bits per heavy atom. The van der Waals surface area contributed by atoms with Gasteiger partial charge in [0.2, 0.25) is 0 Å². The van der Waals surface area contributed by atoms with Crippen molar-refractivity contribution in [1.82, 2.24) is 0 Å². The molecule has 0 aromatic rings. The summed E-state index contributed by atoms with van der Waals surface area (Å²) in [6, 6.07) is 0. The highest BCUT2D eigenvalue weighted by Crippen LogP contribution is 2.42. The lowest BCUT2D eigenvalue weighted by molar-refractivity contribution is -0.147. The maximum absolute atomic E-state index is 12.6. The van der Waals surface area contributed by atoms with Crippen molar-refractivity contribution < 1.29 is 19.1 Å². The summed E-state index contributed by atoms with van der Waals surface area (Å²) < 4.78 is 10.7. The van der Waals surface area contributed by atoms with Crippen molar-refractivity contribution in [2.24, 2.45) is 10.8 Å². The first-order chi connectivity index (χ1) is 11.0. The Kier molecular flexibility index (Phi) is 9.31. The largest absolute Gasteiger partial charge is 0.462 e. The van der Waals surface area contributed by atoms with E-state index in [9.17, 15) is 9.59 Å². The zero-order valence-corrected chi connectivity index (χ0v) is 16.9. The Bertz CT molecular complexity index is 407. The second kappa shape index (κ2) is 9.85. The Balaban J connectivity index is 5.84. The monoisotopic (exact) mass is 340 g/mol. The van der Waals surface area contributed by atoms with Gasteiger partial charge in [-0.05, 0) is 29.2 Å². The van der Waals surface area contributed by atoms with Gasteiger partial charge in [-0.15, -0.1) is 0 Å². The summed E-state index contributed by atoms with van der Waals surface area (Å²) >= 11 is 0. The van der Waals surface area contributed by atoms with Crippen molar-refractivity contribution in [2.45, 2.75) is 81.1 Å². The predicted molar refractivity (Wildman–Crippen MR) is 97.7 cm³/mol. The number of carbonyl (C=O) groups excluding carboxylic acids is 2. The molecule has 0 amide bonds. The van der Waals surface area contributed by atoms with Crippen LogP contribution in [0, 0.1) is 10.8 Å². The minimum absolute atomic E-state index is 0.0715. The summed E-state index contributed by atoms with van der Waals surface area (Å²) in [5, 5.41) is 0. The molecule has 0 saturated carbocycles. The molecular weight excluding hydrogens is 304 g/mol. The molecule has 4 heteroatoms. The van der Waals surface area contributed by atoms with Crippen molar-refractivity contribution in [3.8, 4) is 0 Å². The first-order valence-corrected chi connectivity index (χ1v) is 9.06. The van der Waals surface area contributed by atoms with E-state index in [1.54, 1.807) is 0 Å². The Morgan fingerprint density at radius 3 is 1.29 bits per heavy atom. The van der Waals surface area contributed by atoms with Gasteiger partial charge >= 0.3 is 11.9 Å². The zero-order chi connectivity index (χ0) is 19.0. The molecule has 4 nitrogen and oxygen atoms in total. The number of hydrogen-bond donors (Lipinski definition) is 0. The molecule has 0 radical (unpaired) electrons. The number of rotatable bonds is 8. The van der Waals surface area contributed by atoms with Gasteiger partial charge in [0, 0.05) is 0 Å². The molecular formula is C20H36O4. The maximum atomic E-state index is 12.6. The van der Waals surface area contributed by atoms with Gasteiger partial charge in [0.1, 0.15) is 5.57 Å². The van der Waals surface area contributed by atoms with Crippen LogP contribution in [0.5, 0.6) is 0 Å². The van der Waals surface area contributed by atoms with Crippen molar-refractivity contribution in [1.29, 1.82) is 0 Å². The van der Waals surface area contributed by atoms with Crippen molar-refractivity contribution in [2.75, 3.05) is 13.2 Å². The normalized spacial score (nSPS) is 11.8. The van der Waals surface area contributed by atoms with Crippen molar-refractivity contribution in [3.63, 3.8) is 0 Å². The van der Waals surface area contributed by atoms with Crippen molar-refractivity contribution in [3.05, 3.63) is 11.1 Å². The van der Waals surface area contributed by atoms with E-state index in [2.05, 4.69) is 0 Å². The predicted octanol–water partition coefficient (Wildman–Crippen LogP) is 5.06. The molecule has 0 heterocycles. The average molecular weight is 341 g/mol. The summed E-state index contributed by atoms with van der Waals surface area (Å²) in [6.45, 7) is 16.7. The van der Waals surface area contributed by atoms with Gasteiger partial charge in [0.15, 0.2) is 0 Å². The molecule has 140 valence electrons. The molecule has 0 fully saturated rings. The molecule has 0 saturated heterocycles. The highest BCUT2D eigenvalue weighted by Gasteiger charge is 2.37. The molecule has 0 unspecified atom stereocenters. The molecule has 0 N–H and O–H groups in total. The lowest BCUT2D eigenvalue weighted by Crippen LogP contribution is -2.31. The van der Waals surface area contributed by atoms with Crippen LogP contribution in [0.15, 0.2) is 11.1 Å². The van der Waals surface area contributed by atoms with Crippen LogP contribution in [0.25, 0.3) is 0 Å². The first-order valence-electron chi connectivity index (χ1n) is 9.06. The van der Waals surface area contributed by atoms with Gasteiger partial charge in [0.05, 0.1) is 13.2 Å². The number of allylic oxidation sites excluding steroid dienone is 1. The fourth-order valence-corrected chi connectivity index (χ4v) is 2.93. The van der Waals surface area contributed by atoms with E-state index in [-0.39, 0.29) is 16.4 Å². The van der Waals surface area contributed by atoms with Crippen LogP contribution in [-0.2, 0) is 19.1 Å². The van der Waals surface area contributed by atoms with Gasteiger partial charge in [-0.25, -0.2) is 9.59 Å². The smallest absolute Gasteiger partial charge is 0.345 e. The van der Waals surface area contributed by atoms with Crippen LogP contribution >= 0.6 is 0 Å².